The van der Waals surface area contributed by atoms with Gasteiger partial charge in [-0.3, -0.25) is 37.3 Å². The smallest absolute Gasteiger partial charge is 0.462 e. The first-order valence-electron chi connectivity index (χ1n) is 41.4. The zero-order valence-electron chi connectivity index (χ0n) is 66.6. The number of aliphatic hydroxyl groups is 1. The van der Waals surface area contributed by atoms with Gasteiger partial charge < -0.3 is 33.8 Å². The first-order chi connectivity index (χ1) is 51.7. The molecule has 0 aliphatic rings. The van der Waals surface area contributed by atoms with Crippen LogP contribution in [0.4, 0.5) is 0 Å². The molecule has 0 heterocycles. The van der Waals surface area contributed by atoms with E-state index in [-0.39, 0.29) is 25.7 Å². The third-order valence-electron chi connectivity index (χ3n) is 17.1. The first kappa shape index (κ1) is 101. The summed E-state index contributed by atoms with van der Waals surface area (Å²) in [7, 11) is -10.00. The second kappa shape index (κ2) is 78.3. The van der Waals surface area contributed by atoms with Gasteiger partial charge >= 0.3 is 39.5 Å². The van der Waals surface area contributed by atoms with Gasteiger partial charge in [0.05, 0.1) is 26.4 Å². The summed E-state index contributed by atoms with van der Waals surface area (Å²) in [5.41, 5.74) is 0. The Bertz CT molecular complexity index is 2530. The van der Waals surface area contributed by atoms with E-state index in [9.17, 15) is 43.2 Å². The number of allylic oxidation sites excluding steroid dienone is 22. The molecular formula is C87H148O17P2. The molecule has 0 fully saturated rings. The van der Waals surface area contributed by atoms with Crippen LogP contribution in [0.3, 0.4) is 0 Å². The van der Waals surface area contributed by atoms with Crippen molar-refractivity contribution in [2.45, 2.75) is 354 Å². The van der Waals surface area contributed by atoms with Gasteiger partial charge in [-0.1, -0.05) is 283 Å². The topological polar surface area (TPSA) is 237 Å². The van der Waals surface area contributed by atoms with Crippen molar-refractivity contribution in [1.29, 1.82) is 0 Å². The average molecular weight is 1530 g/mol. The molecule has 0 spiro atoms. The van der Waals surface area contributed by atoms with Crippen molar-refractivity contribution in [2.75, 3.05) is 39.6 Å². The lowest BCUT2D eigenvalue weighted by molar-refractivity contribution is -0.161. The van der Waals surface area contributed by atoms with Gasteiger partial charge in [0.1, 0.15) is 19.3 Å². The molecular weight excluding hydrogens is 1380 g/mol. The molecule has 0 bridgehead atoms. The summed E-state index contributed by atoms with van der Waals surface area (Å²) in [6, 6.07) is 0. The monoisotopic (exact) mass is 1530 g/mol. The Balaban J connectivity index is 5.47. The number of rotatable bonds is 77. The molecule has 2 unspecified atom stereocenters. The lowest BCUT2D eigenvalue weighted by atomic mass is 10.1. The van der Waals surface area contributed by atoms with Gasteiger partial charge in [-0.2, -0.15) is 0 Å². The molecule has 17 nitrogen and oxygen atoms in total. The molecule has 0 saturated heterocycles. The highest BCUT2D eigenvalue weighted by Gasteiger charge is 2.30. The van der Waals surface area contributed by atoms with Gasteiger partial charge in [0.25, 0.3) is 0 Å². The van der Waals surface area contributed by atoms with Crippen molar-refractivity contribution in [3.05, 3.63) is 134 Å². The SMILES string of the molecule is CC/C=C\C/C=C\C/C=C\C/C=C\C/C=C\CCCCCC(=O)O[C@H](COC(=O)CCCCCCCCC/C=C\CCCCCC)COP(=O)(O)OC[C@H](O)COP(=O)(O)OC[C@@H](COC(=O)CCCCCCC/C=C\CCCCCCCC)OC(=O)CCC/C=C\C/C=C\C/C=C\C/C=C\CCCCC. The lowest BCUT2D eigenvalue weighted by Gasteiger charge is -2.21. The van der Waals surface area contributed by atoms with Crippen LogP contribution in [0.15, 0.2) is 134 Å². The largest absolute Gasteiger partial charge is 0.472 e. The van der Waals surface area contributed by atoms with Crippen molar-refractivity contribution < 1.29 is 80.2 Å². The minimum atomic E-state index is -5.00. The number of esters is 4. The van der Waals surface area contributed by atoms with E-state index >= 15 is 0 Å². The Morgan fingerprint density at radius 2 is 0.500 bits per heavy atom. The van der Waals surface area contributed by atoms with E-state index in [4.69, 9.17) is 37.0 Å². The summed E-state index contributed by atoms with van der Waals surface area (Å²) in [6.07, 6.45) is 88.5. The predicted molar refractivity (Wildman–Crippen MR) is 436 cm³/mol. The van der Waals surface area contributed by atoms with Crippen LogP contribution in [0.1, 0.15) is 336 Å². The van der Waals surface area contributed by atoms with Crippen LogP contribution in [-0.4, -0.2) is 96.7 Å². The van der Waals surface area contributed by atoms with Gasteiger partial charge in [0.2, 0.25) is 0 Å². The number of aliphatic hydroxyl groups excluding tert-OH is 1. The average Bonchev–Trinajstić information content (AvgIpc) is 0.906. The fourth-order valence-electron chi connectivity index (χ4n) is 10.8. The maximum Gasteiger partial charge on any atom is 0.472 e. The Morgan fingerprint density at radius 3 is 0.840 bits per heavy atom. The maximum absolute atomic E-state index is 13.1. The van der Waals surface area contributed by atoms with Crippen LogP contribution in [-0.2, 0) is 65.4 Å². The fourth-order valence-corrected chi connectivity index (χ4v) is 12.3. The van der Waals surface area contributed by atoms with E-state index in [1.54, 1.807) is 0 Å². The number of phosphoric ester groups is 2. The number of hydrogen-bond donors (Lipinski definition) is 3. The summed E-state index contributed by atoms with van der Waals surface area (Å²) < 4.78 is 68.6. The second-order valence-corrected chi connectivity index (χ2v) is 30.2. The van der Waals surface area contributed by atoms with Crippen LogP contribution in [0.25, 0.3) is 0 Å². The number of carbonyl (C=O) groups is 4. The maximum atomic E-state index is 13.1. The van der Waals surface area contributed by atoms with Crippen LogP contribution in [0.2, 0.25) is 0 Å². The second-order valence-electron chi connectivity index (χ2n) is 27.3. The molecule has 0 saturated carbocycles. The van der Waals surface area contributed by atoms with Crippen molar-refractivity contribution in [1.82, 2.24) is 0 Å². The van der Waals surface area contributed by atoms with Crippen molar-refractivity contribution in [3.8, 4) is 0 Å². The number of phosphoric acid groups is 2. The van der Waals surface area contributed by atoms with E-state index < -0.39 is 97.5 Å². The zero-order valence-corrected chi connectivity index (χ0v) is 68.4. The molecule has 608 valence electrons. The number of hydrogen-bond acceptors (Lipinski definition) is 15. The highest BCUT2D eigenvalue weighted by molar-refractivity contribution is 7.47. The van der Waals surface area contributed by atoms with Gasteiger partial charge in [-0.15, -0.1) is 0 Å². The molecule has 0 aromatic carbocycles. The minimum absolute atomic E-state index is 0.0148. The Hall–Kier alpha value is -4.80. The molecule has 0 amide bonds. The molecule has 0 rings (SSSR count). The molecule has 0 aromatic heterocycles. The number of unbranched alkanes of at least 4 members (excludes halogenated alkanes) is 29. The van der Waals surface area contributed by atoms with E-state index in [1.165, 1.54) is 96.3 Å². The molecule has 0 radical (unpaired) electrons. The summed E-state index contributed by atoms with van der Waals surface area (Å²) in [6.45, 7) is 4.63. The van der Waals surface area contributed by atoms with Crippen LogP contribution in [0, 0.1) is 0 Å². The predicted octanol–water partition coefficient (Wildman–Crippen LogP) is 24.4. The standard InChI is InChI=1S/C87H148O17P2/c1-5-9-13-17-21-25-29-33-37-39-40-42-46-50-54-58-62-66-70-74-87(92)104-83(78-98-85(90)72-68-64-60-56-52-48-44-36-32-28-24-20-16-12-8-4)80-102-106(95,96)100-76-81(88)75-99-105(93,94)101-79-82(77-97-84(89)71-67-63-59-55-51-47-43-35-31-27-23-19-15-11-7-3)103-86(91)73-69-65-61-57-53-49-45-41-38-34-30-26-22-18-14-10-6-2/h9,13,21-22,25-26,28,32-35,37-38,40,42-43,45,49-50,54,57,61,81-83,88H,5-8,10-12,14-20,23-24,27,29-31,36,39,41,44,46-48,51-53,55-56,58-60,62-80H2,1-4H3,(H,93,94)(H,95,96)/b13-9-,25-21-,26-22-,32-28-,37-33-,38-34-,42-40-,43-35-,49-45-,54-50-,61-57-/t81-,82-,83-/m1/s1. The molecule has 19 heteroatoms. The lowest BCUT2D eigenvalue weighted by Crippen LogP contribution is -2.30. The van der Waals surface area contributed by atoms with Crippen molar-refractivity contribution >= 4 is 39.5 Å². The van der Waals surface area contributed by atoms with Crippen LogP contribution >= 0.6 is 15.6 Å². The molecule has 106 heavy (non-hydrogen) atoms. The Labute approximate surface area is 644 Å². The van der Waals surface area contributed by atoms with Gasteiger partial charge in [-0.05, 0) is 161 Å². The summed E-state index contributed by atoms with van der Waals surface area (Å²) in [5, 5.41) is 10.7. The first-order valence-corrected chi connectivity index (χ1v) is 44.4. The van der Waals surface area contributed by atoms with E-state index in [0.717, 1.165) is 154 Å². The molecule has 5 atom stereocenters. The van der Waals surface area contributed by atoms with E-state index in [1.807, 2.05) is 12.2 Å². The minimum Gasteiger partial charge on any atom is -0.462 e. The highest BCUT2D eigenvalue weighted by Crippen LogP contribution is 2.45. The van der Waals surface area contributed by atoms with Crippen LogP contribution < -0.4 is 0 Å². The molecule has 0 aliphatic heterocycles. The van der Waals surface area contributed by atoms with E-state index in [0.29, 0.717) is 32.1 Å². The van der Waals surface area contributed by atoms with E-state index in [2.05, 4.69) is 149 Å². The third kappa shape index (κ3) is 77.4. The Kier molecular flexibility index (Phi) is 74.8. The highest BCUT2D eigenvalue weighted by atomic mass is 31.2. The third-order valence-corrected chi connectivity index (χ3v) is 19.0. The normalized spacial score (nSPS) is 14.5. The molecule has 0 aromatic rings. The number of ether oxygens (including phenoxy) is 4. The van der Waals surface area contributed by atoms with Gasteiger partial charge in [0.15, 0.2) is 12.2 Å². The summed E-state index contributed by atoms with van der Waals surface area (Å²) in [5.74, 6) is -2.29. The van der Waals surface area contributed by atoms with Crippen molar-refractivity contribution in [2.24, 2.45) is 0 Å². The summed E-state index contributed by atoms with van der Waals surface area (Å²) in [4.78, 5) is 73.1. The van der Waals surface area contributed by atoms with Gasteiger partial charge in [-0.25, -0.2) is 9.13 Å². The zero-order chi connectivity index (χ0) is 77.4. The molecule has 3 N–H and O–H groups in total. The van der Waals surface area contributed by atoms with Crippen molar-refractivity contribution in [3.63, 3.8) is 0 Å². The van der Waals surface area contributed by atoms with Gasteiger partial charge in [0, 0.05) is 25.7 Å². The Morgan fingerprint density at radius 1 is 0.274 bits per heavy atom. The summed E-state index contributed by atoms with van der Waals surface area (Å²) >= 11 is 0. The number of carbonyl (C=O) groups excluding carboxylic acids is 4. The molecule has 0 aliphatic carbocycles. The van der Waals surface area contributed by atoms with Crippen LogP contribution in [0.5, 0.6) is 0 Å². The fraction of sp³-hybridized carbons (Fsp3) is 0.701. The quantitative estimate of drug-likeness (QED) is 0.0169.